The lowest BCUT2D eigenvalue weighted by atomic mass is 10.2. The summed E-state index contributed by atoms with van der Waals surface area (Å²) in [5, 5.41) is 5.69. The maximum atomic E-state index is 12.1. The van der Waals surface area contributed by atoms with Gasteiger partial charge in [0, 0.05) is 11.6 Å². The number of aromatic nitrogens is 2. The van der Waals surface area contributed by atoms with Crippen LogP contribution in [-0.2, 0) is 0 Å². The molecule has 9 nitrogen and oxygen atoms in total. The lowest BCUT2D eigenvalue weighted by Crippen LogP contribution is -2.42. The van der Waals surface area contributed by atoms with Gasteiger partial charge < -0.3 is 9.47 Å². The van der Waals surface area contributed by atoms with Crippen molar-refractivity contribution in [2.24, 2.45) is 0 Å². The predicted molar refractivity (Wildman–Crippen MR) is 88.5 cm³/mol. The fourth-order valence-corrected chi connectivity index (χ4v) is 1.88. The molecule has 1 heterocycles. The summed E-state index contributed by atoms with van der Waals surface area (Å²) in [4.78, 5) is 34.9. The molecule has 2 rings (SSSR count). The van der Waals surface area contributed by atoms with Gasteiger partial charge in [-0.2, -0.15) is 5.10 Å². The molecule has 0 aliphatic heterocycles. The Labute approximate surface area is 143 Å². The fraction of sp³-hybridized carbons (Fsp3) is 0.250. The minimum absolute atomic E-state index is 0.0434. The van der Waals surface area contributed by atoms with Crippen LogP contribution in [0.2, 0.25) is 0 Å². The molecule has 0 aliphatic rings. The van der Waals surface area contributed by atoms with Gasteiger partial charge in [0.2, 0.25) is 0 Å². The van der Waals surface area contributed by atoms with E-state index < -0.39 is 17.4 Å². The van der Waals surface area contributed by atoms with Crippen molar-refractivity contribution in [1.29, 1.82) is 0 Å². The normalized spacial score (nSPS) is 10.2. The molecule has 0 saturated heterocycles. The van der Waals surface area contributed by atoms with Crippen molar-refractivity contribution in [1.82, 2.24) is 21.0 Å². The molecule has 0 atom stereocenters. The van der Waals surface area contributed by atoms with Crippen molar-refractivity contribution < 1.29 is 19.1 Å². The van der Waals surface area contributed by atoms with Crippen LogP contribution >= 0.6 is 0 Å². The number of aromatic amines is 1. The zero-order chi connectivity index (χ0) is 18.4. The third kappa shape index (κ3) is 4.80. The Morgan fingerprint density at radius 3 is 2.40 bits per heavy atom. The summed E-state index contributed by atoms with van der Waals surface area (Å²) in [5.74, 6) is -0.311. The van der Waals surface area contributed by atoms with E-state index in [1.165, 1.54) is 19.2 Å². The summed E-state index contributed by atoms with van der Waals surface area (Å²) in [5.41, 5.74) is 4.25. The number of amides is 2. The third-order valence-electron chi connectivity index (χ3n) is 2.99. The number of ether oxygens (including phenoxy) is 2. The molecule has 0 fully saturated rings. The average molecular weight is 346 g/mol. The zero-order valence-electron chi connectivity index (χ0n) is 14.0. The molecule has 0 aliphatic carbocycles. The van der Waals surface area contributed by atoms with E-state index >= 15 is 0 Å². The number of nitrogens with one attached hydrogen (secondary N) is 3. The fourth-order valence-electron chi connectivity index (χ4n) is 1.88. The minimum atomic E-state index is -0.670. The average Bonchev–Trinajstić information content (AvgIpc) is 2.59. The zero-order valence-corrected chi connectivity index (χ0v) is 14.0. The molecule has 1 aromatic carbocycles. The maximum absolute atomic E-state index is 12.1. The number of carbonyl (C=O) groups excluding carboxylic acids is 2. The van der Waals surface area contributed by atoms with Crippen LogP contribution in [0.4, 0.5) is 0 Å². The van der Waals surface area contributed by atoms with Crippen molar-refractivity contribution in [2.75, 3.05) is 7.11 Å². The molecule has 1 aromatic heterocycles. The molecule has 0 unspecified atom stereocenters. The van der Waals surface area contributed by atoms with Crippen molar-refractivity contribution in [2.45, 2.75) is 20.0 Å². The van der Waals surface area contributed by atoms with E-state index in [9.17, 15) is 14.4 Å². The van der Waals surface area contributed by atoms with Gasteiger partial charge in [-0.3, -0.25) is 25.2 Å². The number of methoxy groups -OCH3 is 1. The van der Waals surface area contributed by atoms with Gasteiger partial charge in [-0.25, -0.2) is 5.10 Å². The number of benzene rings is 1. The molecule has 0 saturated carbocycles. The van der Waals surface area contributed by atoms with Crippen LogP contribution in [0.25, 0.3) is 0 Å². The van der Waals surface area contributed by atoms with E-state index in [1.54, 1.807) is 12.1 Å². The summed E-state index contributed by atoms with van der Waals surface area (Å²) in [6.07, 6.45) is -0.0438. The highest BCUT2D eigenvalue weighted by molar-refractivity contribution is 5.98. The highest BCUT2D eigenvalue weighted by Gasteiger charge is 2.14. The van der Waals surface area contributed by atoms with Gasteiger partial charge >= 0.3 is 0 Å². The number of rotatable bonds is 5. The Kier molecular flexibility index (Phi) is 5.72. The number of hydrogen-bond acceptors (Lipinski definition) is 6. The number of hydrazine groups is 1. The van der Waals surface area contributed by atoms with Gasteiger partial charge in [0.25, 0.3) is 17.4 Å². The molecule has 9 heteroatoms. The Bertz CT molecular complexity index is 811. The van der Waals surface area contributed by atoms with E-state index in [4.69, 9.17) is 9.47 Å². The predicted octanol–water partition coefficient (Wildman–Crippen LogP) is 0.640. The second-order valence-corrected chi connectivity index (χ2v) is 5.25. The monoisotopic (exact) mass is 346 g/mol. The quantitative estimate of drug-likeness (QED) is 0.683. The van der Waals surface area contributed by atoms with E-state index in [1.807, 2.05) is 13.8 Å². The SMILES string of the molecule is COc1cc(C(=O)NNC(=O)c2ccc(=O)[nH]n2)ccc1OC(C)C. The molecule has 2 aromatic rings. The Hall–Kier alpha value is -3.36. The summed E-state index contributed by atoms with van der Waals surface area (Å²) in [6, 6.07) is 7.04. The van der Waals surface area contributed by atoms with Crippen molar-refractivity contribution in [3.8, 4) is 11.5 Å². The van der Waals surface area contributed by atoms with Crippen LogP contribution < -0.4 is 25.9 Å². The van der Waals surface area contributed by atoms with E-state index in [0.717, 1.165) is 6.07 Å². The first-order valence-electron chi connectivity index (χ1n) is 7.42. The van der Waals surface area contributed by atoms with Gasteiger partial charge in [0.15, 0.2) is 17.2 Å². The molecular formula is C16H18N4O5. The van der Waals surface area contributed by atoms with Crippen molar-refractivity contribution in [3.63, 3.8) is 0 Å². The van der Waals surface area contributed by atoms with Gasteiger partial charge in [-0.1, -0.05) is 0 Å². The highest BCUT2D eigenvalue weighted by Crippen LogP contribution is 2.28. The summed E-state index contributed by atoms with van der Waals surface area (Å²) in [7, 11) is 1.47. The van der Waals surface area contributed by atoms with Crippen molar-refractivity contribution in [3.05, 3.63) is 51.9 Å². The smallest absolute Gasteiger partial charge is 0.290 e. The second-order valence-electron chi connectivity index (χ2n) is 5.25. The molecule has 0 spiro atoms. The summed E-state index contributed by atoms with van der Waals surface area (Å²) < 4.78 is 10.8. The third-order valence-corrected chi connectivity index (χ3v) is 2.99. The standard InChI is InChI=1S/C16H18N4O5/c1-9(2)25-12-6-4-10(8-13(12)24-3)15(22)19-20-16(23)11-5-7-14(21)18-17-11/h4-9H,1-3H3,(H,18,21)(H,19,22)(H,20,23). The minimum Gasteiger partial charge on any atom is -0.493 e. The molecule has 0 radical (unpaired) electrons. The Morgan fingerprint density at radius 1 is 1.08 bits per heavy atom. The van der Waals surface area contributed by atoms with Crippen LogP contribution in [0.15, 0.2) is 35.1 Å². The van der Waals surface area contributed by atoms with Gasteiger partial charge in [-0.05, 0) is 38.1 Å². The van der Waals surface area contributed by atoms with Gasteiger partial charge in [-0.15, -0.1) is 0 Å². The lowest BCUT2D eigenvalue weighted by molar-refractivity contribution is 0.0843. The molecular weight excluding hydrogens is 328 g/mol. The molecule has 2 amide bonds. The molecule has 0 bridgehead atoms. The van der Waals surface area contributed by atoms with Crippen LogP contribution in [0.3, 0.4) is 0 Å². The number of hydrogen-bond donors (Lipinski definition) is 3. The number of H-pyrrole nitrogens is 1. The van der Waals surface area contributed by atoms with Crippen LogP contribution in [0, 0.1) is 0 Å². The van der Waals surface area contributed by atoms with Crippen LogP contribution in [0.1, 0.15) is 34.7 Å². The topological polar surface area (TPSA) is 122 Å². The molecule has 25 heavy (non-hydrogen) atoms. The largest absolute Gasteiger partial charge is 0.493 e. The maximum Gasteiger partial charge on any atom is 0.290 e. The van der Waals surface area contributed by atoms with E-state index in [-0.39, 0.29) is 17.4 Å². The van der Waals surface area contributed by atoms with Crippen molar-refractivity contribution >= 4 is 11.8 Å². The highest BCUT2D eigenvalue weighted by atomic mass is 16.5. The van der Waals surface area contributed by atoms with Gasteiger partial charge in [0.05, 0.1) is 13.2 Å². The second kappa shape index (κ2) is 7.95. The van der Waals surface area contributed by atoms with Crippen LogP contribution in [-0.4, -0.2) is 35.2 Å². The van der Waals surface area contributed by atoms with E-state index in [0.29, 0.717) is 11.5 Å². The first kappa shape index (κ1) is 18.0. The Morgan fingerprint density at radius 2 is 1.80 bits per heavy atom. The molecule has 132 valence electrons. The first-order chi connectivity index (χ1) is 11.9. The van der Waals surface area contributed by atoms with E-state index in [2.05, 4.69) is 21.0 Å². The Balaban J connectivity index is 2.04. The number of carbonyl (C=O) groups is 2. The lowest BCUT2D eigenvalue weighted by Gasteiger charge is -2.14. The summed E-state index contributed by atoms with van der Waals surface area (Å²) >= 11 is 0. The molecule has 3 N–H and O–H groups in total. The number of nitrogens with zero attached hydrogens (tertiary/aromatic N) is 1. The van der Waals surface area contributed by atoms with Gasteiger partial charge in [0.1, 0.15) is 0 Å². The first-order valence-corrected chi connectivity index (χ1v) is 7.42. The van der Waals surface area contributed by atoms with Crippen LogP contribution in [0.5, 0.6) is 11.5 Å². The summed E-state index contributed by atoms with van der Waals surface area (Å²) in [6.45, 7) is 3.75.